The molecule has 4 fully saturated rings. The van der Waals surface area contributed by atoms with Crippen LogP contribution in [0.5, 0.6) is 11.5 Å². The average Bonchev–Trinajstić information content (AvgIpc) is 2.71. The van der Waals surface area contributed by atoms with Crippen molar-refractivity contribution in [3.05, 3.63) is 53.1 Å². The molecule has 4 heteroatoms. The Labute approximate surface area is 184 Å². The molecule has 4 aliphatic rings. The van der Waals surface area contributed by atoms with Crippen LogP contribution in [0.2, 0.25) is 0 Å². The highest BCUT2D eigenvalue weighted by Gasteiger charge is 2.57. The second kappa shape index (κ2) is 7.30. The molecule has 0 heterocycles. The maximum Gasteiger partial charge on any atom is 0.131 e. The van der Waals surface area contributed by atoms with E-state index in [1.807, 2.05) is 24.4 Å². The molecule has 0 N–H and O–H groups in total. The van der Waals surface area contributed by atoms with Gasteiger partial charge in [0.25, 0.3) is 0 Å². The first-order valence-corrected chi connectivity index (χ1v) is 11.4. The summed E-state index contributed by atoms with van der Waals surface area (Å²) in [6.45, 7) is 2.13. The van der Waals surface area contributed by atoms with E-state index >= 15 is 0 Å². The average molecular weight is 424 g/mol. The third kappa shape index (κ3) is 3.41. The number of benzene rings is 2. The van der Waals surface area contributed by atoms with Gasteiger partial charge in [-0.15, -0.1) is 11.6 Å². The second-order valence-electron chi connectivity index (χ2n) is 9.76. The van der Waals surface area contributed by atoms with Crippen molar-refractivity contribution in [1.82, 2.24) is 0 Å². The molecule has 3 nitrogen and oxygen atoms in total. The van der Waals surface area contributed by atoms with Gasteiger partial charge in [-0.3, -0.25) is 4.99 Å². The van der Waals surface area contributed by atoms with Gasteiger partial charge >= 0.3 is 0 Å². The van der Waals surface area contributed by atoms with Crippen LogP contribution in [0.15, 0.2) is 41.4 Å². The van der Waals surface area contributed by atoms with Crippen LogP contribution in [0.3, 0.4) is 0 Å². The summed E-state index contributed by atoms with van der Waals surface area (Å²) in [7, 11) is 3.33. The van der Waals surface area contributed by atoms with Gasteiger partial charge in [-0.1, -0.05) is 12.1 Å². The van der Waals surface area contributed by atoms with Gasteiger partial charge in [-0.25, -0.2) is 0 Å². The molecule has 0 aliphatic heterocycles. The van der Waals surface area contributed by atoms with E-state index in [0.717, 1.165) is 41.0 Å². The van der Waals surface area contributed by atoms with Gasteiger partial charge < -0.3 is 9.47 Å². The van der Waals surface area contributed by atoms with Gasteiger partial charge in [-0.2, -0.15) is 0 Å². The summed E-state index contributed by atoms with van der Waals surface area (Å²) in [6.07, 6.45) is 9.39. The minimum atomic E-state index is 0.0227. The predicted octanol–water partition coefficient (Wildman–Crippen LogP) is 6.59. The van der Waals surface area contributed by atoms with Gasteiger partial charge in [0.05, 0.1) is 19.9 Å². The maximum atomic E-state index is 7.09. The quantitative estimate of drug-likeness (QED) is 0.401. The highest BCUT2D eigenvalue weighted by molar-refractivity contribution is 6.24. The van der Waals surface area contributed by atoms with Crippen LogP contribution in [0.1, 0.15) is 55.2 Å². The molecule has 4 aliphatic carbocycles. The lowest BCUT2D eigenvalue weighted by Gasteiger charge is -2.60. The van der Waals surface area contributed by atoms with E-state index in [2.05, 4.69) is 25.1 Å². The highest BCUT2D eigenvalue weighted by atomic mass is 35.5. The van der Waals surface area contributed by atoms with Gasteiger partial charge in [0.15, 0.2) is 0 Å². The summed E-state index contributed by atoms with van der Waals surface area (Å²) in [5.74, 6) is 3.12. The number of methoxy groups -OCH3 is 2. The number of aryl methyl sites for hydroxylation is 1. The minimum absolute atomic E-state index is 0.0227. The van der Waals surface area contributed by atoms with E-state index in [-0.39, 0.29) is 10.3 Å². The van der Waals surface area contributed by atoms with Gasteiger partial charge in [0.1, 0.15) is 11.5 Å². The van der Waals surface area contributed by atoms with Crippen molar-refractivity contribution in [3.63, 3.8) is 0 Å². The molecule has 4 saturated carbocycles. The number of hydrogen-bond acceptors (Lipinski definition) is 3. The Morgan fingerprint density at radius 2 is 1.77 bits per heavy atom. The molecular formula is C26H30ClNO2. The minimum Gasteiger partial charge on any atom is -0.497 e. The zero-order chi connectivity index (χ0) is 20.9. The standard InChI is InChI=1S/C26H30ClNO2/c1-17-4-6-21(25-11-18-8-19(12-25)14-26(27,13-18)16-25)9-23(17)28-15-20-5-7-22(29-2)10-24(20)30-3/h4-7,9-10,15,18-19H,8,11-14,16H2,1-3H3/t18-,19-,25?,26?/m1/s1. The molecule has 0 aromatic heterocycles. The molecule has 4 bridgehead atoms. The zero-order valence-electron chi connectivity index (χ0n) is 18.1. The number of hydrogen-bond donors (Lipinski definition) is 0. The topological polar surface area (TPSA) is 30.8 Å². The Kier molecular flexibility index (Phi) is 4.85. The molecule has 0 saturated heterocycles. The number of halogens is 1. The summed E-state index contributed by atoms with van der Waals surface area (Å²) >= 11 is 7.09. The molecule has 0 amide bonds. The number of rotatable bonds is 5. The molecule has 2 aromatic carbocycles. The van der Waals surface area contributed by atoms with E-state index in [1.54, 1.807) is 14.2 Å². The predicted molar refractivity (Wildman–Crippen MR) is 123 cm³/mol. The Bertz CT molecular complexity index is 985. The van der Waals surface area contributed by atoms with E-state index in [1.165, 1.54) is 43.2 Å². The van der Waals surface area contributed by atoms with Crippen LogP contribution < -0.4 is 9.47 Å². The molecule has 0 unspecified atom stereocenters. The summed E-state index contributed by atoms with van der Waals surface area (Å²) in [5, 5.41) is 0. The van der Waals surface area contributed by atoms with Crippen molar-refractivity contribution in [1.29, 1.82) is 0 Å². The Morgan fingerprint density at radius 1 is 1.00 bits per heavy atom. The normalized spacial score (nSPS) is 32.0. The zero-order valence-corrected chi connectivity index (χ0v) is 18.8. The third-order valence-electron chi connectivity index (χ3n) is 7.59. The van der Waals surface area contributed by atoms with Crippen molar-refractivity contribution in [2.45, 2.75) is 55.7 Å². The number of aliphatic imine (C=N–C) groups is 1. The fraction of sp³-hybridized carbons (Fsp3) is 0.500. The molecule has 0 radical (unpaired) electrons. The first kappa shape index (κ1) is 19.9. The number of nitrogens with zero attached hydrogens (tertiary/aromatic N) is 1. The Balaban J connectivity index is 1.47. The van der Waals surface area contributed by atoms with Crippen molar-refractivity contribution >= 4 is 23.5 Å². The van der Waals surface area contributed by atoms with E-state index in [0.29, 0.717) is 0 Å². The highest BCUT2D eigenvalue weighted by Crippen LogP contribution is 2.64. The van der Waals surface area contributed by atoms with E-state index in [9.17, 15) is 0 Å². The lowest BCUT2D eigenvalue weighted by atomic mass is 9.47. The van der Waals surface area contributed by atoms with Crippen LogP contribution in [-0.2, 0) is 5.41 Å². The SMILES string of the molecule is COc1ccc(C=Nc2cc(C34C[C@H]5C[C@@H](CC(Cl)(C5)C3)C4)ccc2C)c(OC)c1. The van der Waals surface area contributed by atoms with Crippen LogP contribution >= 0.6 is 11.6 Å². The Morgan fingerprint density at radius 3 is 2.43 bits per heavy atom. The number of ether oxygens (including phenoxy) is 2. The van der Waals surface area contributed by atoms with Crippen molar-refractivity contribution in [3.8, 4) is 11.5 Å². The molecule has 2 atom stereocenters. The van der Waals surface area contributed by atoms with Crippen molar-refractivity contribution in [2.24, 2.45) is 16.8 Å². The molecule has 2 aromatic rings. The molecule has 0 spiro atoms. The third-order valence-corrected chi connectivity index (χ3v) is 8.04. The summed E-state index contributed by atoms with van der Waals surface area (Å²) in [6, 6.07) is 12.7. The van der Waals surface area contributed by atoms with Crippen LogP contribution in [0.4, 0.5) is 5.69 Å². The molecular weight excluding hydrogens is 394 g/mol. The maximum absolute atomic E-state index is 7.09. The van der Waals surface area contributed by atoms with Gasteiger partial charge in [-0.05, 0) is 92.0 Å². The monoisotopic (exact) mass is 423 g/mol. The van der Waals surface area contributed by atoms with Gasteiger partial charge in [0.2, 0.25) is 0 Å². The van der Waals surface area contributed by atoms with Gasteiger partial charge in [0, 0.05) is 22.7 Å². The summed E-state index contributed by atoms with van der Waals surface area (Å²) < 4.78 is 10.8. The molecule has 30 heavy (non-hydrogen) atoms. The van der Waals surface area contributed by atoms with Crippen LogP contribution in [0, 0.1) is 18.8 Å². The molecule has 6 rings (SSSR count). The number of alkyl halides is 1. The largest absolute Gasteiger partial charge is 0.497 e. The fourth-order valence-corrected chi connectivity index (χ4v) is 7.32. The first-order valence-electron chi connectivity index (χ1n) is 11.0. The lowest BCUT2D eigenvalue weighted by molar-refractivity contribution is 0.00900. The lowest BCUT2D eigenvalue weighted by Crippen LogP contribution is -2.55. The summed E-state index contributed by atoms with van der Waals surface area (Å²) in [5.41, 5.74) is 4.83. The van der Waals surface area contributed by atoms with E-state index < -0.39 is 0 Å². The molecule has 158 valence electrons. The van der Waals surface area contributed by atoms with Crippen molar-refractivity contribution in [2.75, 3.05) is 14.2 Å². The van der Waals surface area contributed by atoms with E-state index in [4.69, 9.17) is 26.1 Å². The van der Waals surface area contributed by atoms with Crippen LogP contribution in [-0.4, -0.2) is 25.3 Å². The smallest absolute Gasteiger partial charge is 0.131 e. The first-order chi connectivity index (χ1) is 14.4. The second-order valence-corrected chi connectivity index (χ2v) is 10.6. The van der Waals surface area contributed by atoms with Crippen LogP contribution in [0.25, 0.3) is 0 Å². The fourth-order valence-electron chi connectivity index (χ4n) is 6.63. The Hall–Kier alpha value is -2.00. The summed E-state index contributed by atoms with van der Waals surface area (Å²) in [4.78, 5) is 4.89. The van der Waals surface area contributed by atoms with Crippen molar-refractivity contribution < 1.29 is 9.47 Å².